The smallest absolute Gasteiger partial charge is 0.326 e. The van der Waals surface area contributed by atoms with Crippen LogP contribution in [0.4, 0.5) is 0 Å². The van der Waals surface area contributed by atoms with Crippen LogP contribution < -0.4 is 0 Å². The van der Waals surface area contributed by atoms with Crippen molar-refractivity contribution < 1.29 is 14.3 Å². The van der Waals surface area contributed by atoms with Crippen molar-refractivity contribution in [1.29, 1.82) is 0 Å². The average Bonchev–Trinajstić information content (AvgIpc) is 2.21. The minimum Gasteiger partial charge on any atom is -0.465 e. The molecule has 5 heteroatoms. The first kappa shape index (κ1) is 12.1. The summed E-state index contributed by atoms with van der Waals surface area (Å²) in [6.45, 7) is 4.06. The highest BCUT2D eigenvalue weighted by Gasteiger charge is 2.26. The Bertz CT molecular complexity index is 278. The Morgan fingerprint density at radius 1 is 1.60 bits per heavy atom. The van der Waals surface area contributed by atoms with E-state index in [0.29, 0.717) is 6.61 Å². The zero-order valence-corrected chi connectivity index (χ0v) is 9.75. The molecule has 0 aromatic rings. The van der Waals surface area contributed by atoms with Gasteiger partial charge in [-0.1, -0.05) is 6.92 Å². The maximum absolute atomic E-state index is 11.7. The number of hydrogen-bond acceptors (Lipinski definition) is 4. The van der Waals surface area contributed by atoms with Crippen molar-refractivity contribution >= 4 is 23.6 Å². The third-order valence-corrected chi connectivity index (χ3v) is 3.16. The van der Waals surface area contributed by atoms with E-state index in [1.165, 1.54) is 16.7 Å². The Balaban J connectivity index is 2.54. The average molecular weight is 229 g/mol. The summed E-state index contributed by atoms with van der Waals surface area (Å²) in [6.07, 6.45) is 2.41. The molecule has 0 N–H and O–H groups in total. The second kappa shape index (κ2) is 5.80. The molecular formula is C10H15NO3S. The van der Waals surface area contributed by atoms with Crippen molar-refractivity contribution in [2.24, 2.45) is 0 Å². The van der Waals surface area contributed by atoms with Crippen LogP contribution in [-0.4, -0.2) is 35.2 Å². The normalized spacial score (nSPS) is 20.5. The molecule has 15 heavy (non-hydrogen) atoms. The van der Waals surface area contributed by atoms with E-state index in [1.54, 1.807) is 13.1 Å². The number of ether oxygens (including phenoxy) is 1. The maximum atomic E-state index is 11.7. The molecule has 0 unspecified atom stereocenters. The van der Waals surface area contributed by atoms with E-state index in [-0.39, 0.29) is 23.7 Å². The molecule has 1 aliphatic rings. The molecular weight excluding hydrogens is 214 g/mol. The van der Waals surface area contributed by atoms with Gasteiger partial charge in [-0.05, 0) is 18.8 Å². The minimum atomic E-state index is -0.364. The number of esters is 1. The quantitative estimate of drug-likeness (QED) is 0.683. The van der Waals surface area contributed by atoms with Gasteiger partial charge in [-0.2, -0.15) is 0 Å². The molecule has 0 saturated heterocycles. The summed E-state index contributed by atoms with van der Waals surface area (Å²) in [6, 6.07) is 0. The molecule has 0 spiro atoms. The highest BCUT2D eigenvalue weighted by Crippen LogP contribution is 2.23. The van der Waals surface area contributed by atoms with Gasteiger partial charge in [-0.15, -0.1) is 11.8 Å². The second-order valence-electron chi connectivity index (χ2n) is 3.09. The standard InChI is InChI=1S/C10H15NO3S/c1-3-8-10(13)11(5-6-15-8)7-9(12)14-4-2/h5-6,8H,3-4,7H2,1-2H3/t8-/m0/s1. The second-order valence-corrected chi connectivity index (χ2v) is 4.20. The molecule has 84 valence electrons. The lowest BCUT2D eigenvalue weighted by atomic mass is 10.3. The maximum Gasteiger partial charge on any atom is 0.326 e. The lowest BCUT2D eigenvalue weighted by Gasteiger charge is -2.25. The number of carbonyl (C=O) groups is 2. The molecule has 1 aliphatic heterocycles. The molecule has 0 aromatic heterocycles. The summed E-state index contributed by atoms with van der Waals surface area (Å²) in [5.41, 5.74) is 0. The van der Waals surface area contributed by atoms with E-state index in [9.17, 15) is 9.59 Å². The molecule has 1 heterocycles. The largest absolute Gasteiger partial charge is 0.465 e. The van der Waals surface area contributed by atoms with Crippen LogP contribution in [0.1, 0.15) is 20.3 Å². The third-order valence-electron chi connectivity index (χ3n) is 2.02. The summed E-state index contributed by atoms with van der Waals surface area (Å²) in [4.78, 5) is 24.4. The van der Waals surface area contributed by atoms with E-state index < -0.39 is 0 Å². The van der Waals surface area contributed by atoms with Crippen LogP contribution in [0.3, 0.4) is 0 Å². The topological polar surface area (TPSA) is 46.6 Å². The zero-order valence-electron chi connectivity index (χ0n) is 8.93. The van der Waals surface area contributed by atoms with Crippen LogP contribution in [0.5, 0.6) is 0 Å². The lowest BCUT2D eigenvalue weighted by molar-refractivity contribution is -0.147. The molecule has 4 nitrogen and oxygen atoms in total. The molecule has 1 rings (SSSR count). The molecule has 0 bridgehead atoms. The Morgan fingerprint density at radius 3 is 2.93 bits per heavy atom. The van der Waals surface area contributed by atoms with Crippen LogP contribution in [0.2, 0.25) is 0 Å². The van der Waals surface area contributed by atoms with Gasteiger partial charge in [0.15, 0.2) is 0 Å². The van der Waals surface area contributed by atoms with Crippen molar-refractivity contribution in [1.82, 2.24) is 4.90 Å². The van der Waals surface area contributed by atoms with E-state index in [4.69, 9.17) is 4.74 Å². The van der Waals surface area contributed by atoms with Gasteiger partial charge < -0.3 is 9.64 Å². The highest BCUT2D eigenvalue weighted by molar-refractivity contribution is 8.03. The third kappa shape index (κ3) is 3.27. The van der Waals surface area contributed by atoms with E-state index in [2.05, 4.69) is 0 Å². The SMILES string of the molecule is CCOC(=O)CN1C=CS[C@@H](CC)C1=O. The van der Waals surface area contributed by atoms with E-state index in [0.717, 1.165) is 6.42 Å². The van der Waals surface area contributed by atoms with Gasteiger partial charge in [0.1, 0.15) is 6.54 Å². The van der Waals surface area contributed by atoms with Crippen molar-refractivity contribution in [2.75, 3.05) is 13.2 Å². The van der Waals surface area contributed by atoms with Crippen molar-refractivity contribution in [3.05, 3.63) is 11.6 Å². The Labute approximate surface area is 93.6 Å². The highest BCUT2D eigenvalue weighted by atomic mass is 32.2. The molecule has 1 amide bonds. The minimum absolute atomic E-state index is 0.0141. The number of carbonyl (C=O) groups excluding carboxylic acids is 2. The zero-order chi connectivity index (χ0) is 11.3. The van der Waals surface area contributed by atoms with Crippen molar-refractivity contribution in [2.45, 2.75) is 25.5 Å². The molecule has 0 aliphatic carbocycles. The van der Waals surface area contributed by atoms with E-state index >= 15 is 0 Å². The van der Waals surface area contributed by atoms with Gasteiger partial charge in [-0.3, -0.25) is 9.59 Å². The Morgan fingerprint density at radius 2 is 2.33 bits per heavy atom. The Hall–Kier alpha value is -0.970. The molecule has 0 radical (unpaired) electrons. The molecule has 1 atom stereocenters. The fraction of sp³-hybridized carbons (Fsp3) is 0.600. The Kier molecular flexibility index (Phi) is 4.68. The van der Waals surface area contributed by atoms with Crippen molar-refractivity contribution in [3.63, 3.8) is 0 Å². The predicted molar refractivity (Wildman–Crippen MR) is 59.2 cm³/mol. The summed E-state index contributed by atoms with van der Waals surface area (Å²) in [5.74, 6) is -0.379. The fourth-order valence-electron chi connectivity index (χ4n) is 1.27. The van der Waals surface area contributed by atoms with Crippen molar-refractivity contribution in [3.8, 4) is 0 Å². The summed E-state index contributed by atoms with van der Waals surface area (Å²) < 4.78 is 4.79. The van der Waals surface area contributed by atoms with Gasteiger partial charge in [0, 0.05) is 6.20 Å². The van der Waals surface area contributed by atoms with Gasteiger partial charge in [-0.25, -0.2) is 0 Å². The fourth-order valence-corrected chi connectivity index (χ4v) is 2.12. The summed E-state index contributed by atoms with van der Waals surface area (Å²) in [5, 5.41) is 1.78. The lowest BCUT2D eigenvalue weighted by Crippen LogP contribution is -2.39. The van der Waals surface area contributed by atoms with Crippen LogP contribution >= 0.6 is 11.8 Å². The van der Waals surface area contributed by atoms with Gasteiger partial charge in [0.25, 0.3) is 0 Å². The van der Waals surface area contributed by atoms with Crippen LogP contribution in [0, 0.1) is 0 Å². The molecule has 0 aromatic carbocycles. The molecule has 0 saturated carbocycles. The predicted octanol–water partition coefficient (Wildman–Crippen LogP) is 1.37. The van der Waals surface area contributed by atoms with Gasteiger partial charge in [0.2, 0.25) is 5.91 Å². The monoisotopic (exact) mass is 229 g/mol. The number of nitrogens with zero attached hydrogens (tertiary/aromatic N) is 1. The number of rotatable bonds is 4. The number of thioether (sulfide) groups is 1. The first-order valence-electron chi connectivity index (χ1n) is 4.97. The van der Waals surface area contributed by atoms with Crippen LogP contribution in [0.15, 0.2) is 11.6 Å². The number of amides is 1. The van der Waals surface area contributed by atoms with Gasteiger partial charge >= 0.3 is 5.97 Å². The van der Waals surface area contributed by atoms with Crippen LogP contribution in [-0.2, 0) is 14.3 Å². The summed E-state index contributed by atoms with van der Waals surface area (Å²) in [7, 11) is 0. The van der Waals surface area contributed by atoms with Crippen LogP contribution in [0.25, 0.3) is 0 Å². The van der Waals surface area contributed by atoms with Gasteiger partial charge in [0.05, 0.1) is 11.9 Å². The molecule has 0 fully saturated rings. The number of hydrogen-bond donors (Lipinski definition) is 0. The first-order valence-corrected chi connectivity index (χ1v) is 5.91. The summed E-state index contributed by atoms with van der Waals surface area (Å²) >= 11 is 1.49. The first-order chi connectivity index (χ1) is 7.19. The van der Waals surface area contributed by atoms with E-state index in [1.807, 2.05) is 12.3 Å².